The SMILES string of the molecule is C=CCCN(CC(=C)C(=O)c1cccs1)S(=O)(=O)c1ccc(C)cc1. The summed E-state index contributed by atoms with van der Waals surface area (Å²) in [5.74, 6) is -0.224. The van der Waals surface area contributed by atoms with Crippen LogP contribution in [0.25, 0.3) is 0 Å². The first-order valence-electron chi connectivity index (χ1n) is 7.80. The smallest absolute Gasteiger partial charge is 0.243 e. The zero-order valence-electron chi connectivity index (χ0n) is 14.1. The van der Waals surface area contributed by atoms with Gasteiger partial charge in [-0.1, -0.05) is 36.4 Å². The number of hydrogen-bond donors (Lipinski definition) is 0. The number of thiophene rings is 1. The van der Waals surface area contributed by atoms with Crippen LogP contribution in [0.3, 0.4) is 0 Å². The maximum atomic E-state index is 12.9. The largest absolute Gasteiger partial charge is 0.288 e. The van der Waals surface area contributed by atoms with Gasteiger partial charge in [0.15, 0.2) is 5.78 Å². The third-order valence-electron chi connectivity index (χ3n) is 3.67. The molecule has 0 aliphatic heterocycles. The summed E-state index contributed by atoms with van der Waals surface area (Å²) in [7, 11) is -3.71. The fraction of sp³-hybridized carbons (Fsp3) is 0.211. The zero-order valence-corrected chi connectivity index (χ0v) is 15.8. The van der Waals surface area contributed by atoms with Crippen molar-refractivity contribution in [3.8, 4) is 0 Å². The second-order valence-electron chi connectivity index (χ2n) is 5.64. The van der Waals surface area contributed by atoms with Gasteiger partial charge in [-0.05, 0) is 36.9 Å². The molecule has 132 valence electrons. The number of carbonyl (C=O) groups excluding carboxylic acids is 1. The molecule has 0 saturated carbocycles. The normalized spacial score (nSPS) is 11.4. The number of sulfonamides is 1. The average molecular weight is 376 g/mol. The Kier molecular flexibility index (Phi) is 6.47. The molecule has 0 atom stereocenters. The number of nitrogens with zero attached hydrogens (tertiary/aromatic N) is 1. The molecule has 0 unspecified atom stereocenters. The van der Waals surface area contributed by atoms with E-state index in [1.807, 2.05) is 6.92 Å². The van der Waals surface area contributed by atoms with Gasteiger partial charge in [0.2, 0.25) is 10.0 Å². The predicted octanol–water partition coefficient (Wildman–Crippen LogP) is 4.06. The van der Waals surface area contributed by atoms with Crippen LogP contribution in [0.15, 0.2) is 71.5 Å². The fourth-order valence-electron chi connectivity index (χ4n) is 2.25. The molecule has 0 amide bonds. The first-order chi connectivity index (χ1) is 11.9. The molecule has 1 aromatic heterocycles. The van der Waals surface area contributed by atoms with Crippen LogP contribution in [0.4, 0.5) is 0 Å². The standard InChI is InChI=1S/C19H21NO3S2/c1-4-5-12-20(14-16(3)19(21)18-7-6-13-24-18)25(22,23)17-10-8-15(2)9-11-17/h4,6-11,13H,1,3,5,12,14H2,2H3. The van der Waals surface area contributed by atoms with E-state index >= 15 is 0 Å². The van der Waals surface area contributed by atoms with E-state index in [9.17, 15) is 13.2 Å². The number of carbonyl (C=O) groups is 1. The van der Waals surface area contributed by atoms with Crippen molar-refractivity contribution in [3.05, 3.63) is 77.0 Å². The Morgan fingerprint density at radius 2 is 1.92 bits per heavy atom. The lowest BCUT2D eigenvalue weighted by atomic mass is 10.1. The summed E-state index contributed by atoms with van der Waals surface area (Å²) in [5, 5.41) is 1.80. The van der Waals surface area contributed by atoms with Gasteiger partial charge in [-0.25, -0.2) is 8.42 Å². The summed E-state index contributed by atoms with van der Waals surface area (Å²) in [4.78, 5) is 13.2. The molecule has 6 heteroatoms. The summed E-state index contributed by atoms with van der Waals surface area (Å²) in [6, 6.07) is 10.2. The van der Waals surface area contributed by atoms with E-state index in [2.05, 4.69) is 13.2 Å². The number of benzene rings is 1. The first-order valence-corrected chi connectivity index (χ1v) is 10.1. The fourth-order valence-corrected chi connectivity index (χ4v) is 4.41. The van der Waals surface area contributed by atoms with Crippen molar-refractivity contribution >= 4 is 27.1 Å². The quantitative estimate of drug-likeness (QED) is 0.377. The number of aryl methyl sites for hydroxylation is 1. The third kappa shape index (κ3) is 4.75. The molecule has 0 aliphatic rings. The summed E-state index contributed by atoms with van der Waals surface area (Å²) < 4.78 is 27.2. The van der Waals surface area contributed by atoms with Crippen molar-refractivity contribution in [1.82, 2.24) is 4.31 Å². The summed E-state index contributed by atoms with van der Waals surface area (Å²) in [6.07, 6.45) is 2.15. The van der Waals surface area contributed by atoms with E-state index < -0.39 is 10.0 Å². The second kappa shape index (κ2) is 8.38. The molecule has 0 fully saturated rings. The molecule has 1 aromatic carbocycles. The number of ketones is 1. The highest BCUT2D eigenvalue weighted by Crippen LogP contribution is 2.20. The molecule has 0 bridgehead atoms. The average Bonchev–Trinajstić information content (AvgIpc) is 3.12. The molecule has 1 heterocycles. The molecule has 25 heavy (non-hydrogen) atoms. The van der Waals surface area contributed by atoms with Crippen LogP contribution in [-0.2, 0) is 10.0 Å². The molecular formula is C19H21NO3S2. The summed E-state index contributed by atoms with van der Waals surface area (Å²) in [5.41, 5.74) is 1.23. The van der Waals surface area contributed by atoms with Crippen molar-refractivity contribution in [1.29, 1.82) is 0 Å². The minimum Gasteiger partial charge on any atom is -0.288 e. The van der Waals surface area contributed by atoms with Gasteiger partial charge in [-0.2, -0.15) is 4.31 Å². The Labute approximate surface area is 153 Å². The Morgan fingerprint density at radius 1 is 1.24 bits per heavy atom. The minimum atomic E-state index is -3.71. The van der Waals surface area contributed by atoms with Crippen molar-refractivity contribution in [2.24, 2.45) is 0 Å². The van der Waals surface area contributed by atoms with Crippen LogP contribution in [0, 0.1) is 6.92 Å². The molecule has 0 N–H and O–H groups in total. The molecular weight excluding hydrogens is 354 g/mol. The van der Waals surface area contributed by atoms with Crippen LogP contribution in [0.5, 0.6) is 0 Å². The second-order valence-corrected chi connectivity index (χ2v) is 8.52. The van der Waals surface area contributed by atoms with Gasteiger partial charge in [-0.3, -0.25) is 4.79 Å². The molecule has 0 radical (unpaired) electrons. The highest BCUT2D eigenvalue weighted by molar-refractivity contribution is 7.89. The Bertz CT molecular complexity index is 851. The predicted molar refractivity (Wildman–Crippen MR) is 103 cm³/mol. The molecule has 4 nitrogen and oxygen atoms in total. The van der Waals surface area contributed by atoms with Crippen LogP contribution >= 0.6 is 11.3 Å². The van der Waals surface area contributed by atoms with E-state index in [1.54, 1.807) is 47.9 Å². The van der Waals surface area contributed by atoms with Gasteiger partial charge in [-0.15, -0.1) is 17.9 Å². The van der Waals surface area contributed by atoms with Gasteiger partial charge in [0.1, 0.15) is 0 Å². The Morgan fingerprint density at radius 3 is 2.48 bits per heavy atom. The van der Waals surface area contributed by atoms with Crippen LogP contribution in [0.2, 0.25) is 0 Å². The number of hydrogen-bond acceptors (Lipinski definition) is 4. The van der Waals surface area contributed by atoms with Gasteiger partial charge < -0.3 is 0 Å². The van der Waals surface area contributed by atoms with Gasteiger partial charge in [0.25, 0.3) is 0 Å². The zero-order chi connectivity index (χ0) is 18.4. The monoisotopic (exact) mass is 375 g/mol. The van der Waals surface area contributed by atoms with Crippen molar-refractivity contribution in [2.75, 3.05) is 13.1 Å². The summed E-state index contributed by atoms with van der Waals surface area (Å²) in [6.45, 7) is 9.55. The van der Waals surface area contributed by atoms with E-state index in [0.29, 0.717) is 11.3 Å². The van der Waals surface area contributed by atoms with Crippen molar-refractivity contribution in [3.63, 3.8) is 0 Å². The van der Waals surface area contributed by atoms with E-state index in [1.165, 1.54) is 15.6 Å². The van der Waals surface area contributed by atoms with Gasteiger partial charge in [0.05, 0.1) is 9.77 Å². The first kappa shape index (κ1) is 19.3. The van der Waals surface area contributed by atoms with Crippen molar-refractivity contribution in [2.45, 2.75) is 18.2 Å². The highest BCUT2D eigenvalue weighted by Gasteiger charge is 2.26. The maximum absolute atomic E-state index is 12.9. The lowest BCUT2D eigenvalue weighted by molar-refractivity contribution is 0.103. The van der Waals surface area contributed by atoms with E-state index in [4.69, 9.17) is 0 Å². The lowest BCUT2D eigenvalue weighted by Crippen LogP contribution is -2.34. The van der Waals surface area contributed by atoms with Gasteiger partial charge in [0, 0.05) is 18.7 Å². The van der Waals surface area contributed by atoms with Crippen LogP contribution < -0.4 is 0 Å². The molecule has 0 spiro atoms. The Balaban J connectivity index is 2.25. The topological polar surface area (TPSA) is 54.5 Å². The van der Waals surface area contributed by atoms with E-state index in [-0.39, 0.29) is 29.3 Å². The van der Waals surface area contributed by atoms with Crippen molar-refractivity contribution < 1.29 is 13.2 Å². The maximum Gasteiger partial charge on any atom is 0.243 e. The lowest BCUT2D eigenvalue weighted by Gasteiger charge is -2.22. The van der Waals surface area contributed by atoms with Crippen LogP contribution in [0.1, 0.15) is 21.7 Å². The number of rotatable bonds is 9. The third-order valence-corrected chi connectivity index (χ3v) is 6.40. The molecule has 0 saturated heterocycles. The molecule has 0 aliphatic carbocycles. The van der Waals surface area contributed by atoms with Gasteiger partial charge >= 0.3 is 0 Å². The van der Waals surface area contributed by atoms with E-state index in [0.717, 1.165) is 5.56 Å². The molecule has 2 rings (SSSR count). The summed E-state index contributed by atoms with van der Waals surface area (Å²) >= 11 is 1.32. The minimum absolute atomic E-state index is 0.0409. The Hall–Kier alpha value is -2.02. The highest BCUT2D eigenvalue weighted by atomic mass is 32.2. The molecule has 2 aromatic rings. The van der Waals surface area contributed by atoms with Crippen LogP contribution in [-0.4, -0.2) is 31.6 Å². The number of Topliss-reactive ketones (excluding diaryl/α,β-unsaturated/α-hetero) is 1.